The Balaban J connectivity index is 2.81. The Morgan fingerprint density at radius 1 is 1.23 bits per heavy atom. The second-order valence-electron chi connectivity index (χ2n) is 3.24. The van der Waals surface area contributed by atoms with Crippen molar-refractivity contribution in [3.63, 3.8) is 0 Å². The third-order valence-electron chi connectivity index (χ3n) is 1.89. The lowest BCUT2D eigenvalue weighted by Crippen LogP contribution is -1.86. The van der Waals surface area contributed by atoms with Crippen LogP contribution in [0.25, 0.3) is 0 Å². The highest BCUT2D eigenvalue weighted by atomic mass is 32.1. The second kappa shape index (κ2) is 4.99. The maximum Gasteiger partial charge on any atom is 0.0521 e. The predicted octanol–water partition coefficient (Wildman–Crippen LogP) is 3.09. The summed E-state index contributed by atoms with van der Waals surface area (Å²) >= 11 is 4.03. The number of benzene rings is 1. The molecule has 0 aliphatic carbocycles. The molecule has 1 heteroatoms. The summed E-state index contributed by atoms with van der Waals surface area (Å²) < 4.78 is 0. The molecule has 0 aromatic heterocycles. The van der Waals surface area contributed by atoms with Crippen LogP contribution in [0.15, 0.2) is 24.3 Å². The number of rotatable bonds is 1. The molecule has 0 nitrogen and oxygen atoms in total. The molecule has 0 saturated heterocycles. The van der Waals surface area contributed by atoms with E-state index >= 15 is 0 Å². The van der Waals surface area contributed by atoms with Crippen molar-refractivity contribution in [2.24, 2.45) is 0 Å². The van der Waals surface area contributed by atoms with Crippen LogP contribution in [0.2, 0.25) is 0 Å². The van der Waals surface area contributed by atoms with E-state index in [0.29, 0.717) is 11.7 Å². The van der Waals surface area contributed by atoms with Crippen LogP contribution in [0, 0.1) is 11.8 Å². The summed E-state index contributed by atoms with van der Waals surface area (Å²) in [6.07, 6.45) is 0. The first-order valence-electron chi connectivity index (χ1n) is 4.43. The van der Waals surface area contributed by atoms with Gasteiger partial charge < -0.3 is 0 Å². The van der Waals surface area contributed by atoms with Gasteiger partial charge in [-0.15, -0.1) is 0 Å². The van der Waals surface area contributed by atoms with Crippen molar-refractivity contribution in [1.29, 1.82) is 0 Å². The van der Waals surface area contributed by atoms with Crippen molar-refractivity contribution in [2.45, 2.75) is 19.8 Å². The normalized spacial score (nSPS) is 9.54. The van der Waals surface area contributed by atoms with Crippen LogP contribution in [-0.2, 0) is 0 Å². The maximum atomic E-state index is 4.03. The zero-order valence-corrected chi connectivity index (χ0v) is 8.94. The van der Waals surface area contributed by atoms with E-state index in [1.165, 1.54) is 5.56 Å². The van der Waals surface area contributed by atoms with E-state index in [0.717, 1.165) is 5.56 Å². The molecule has 0 amide bonds. The lowest BCUT2D eigenvalue weighted by Gasteiger charge is -2.03. The molecule has 0 unspecified atom stereocenters. The van der Waals surface area contributed by atoms with Crippen LogP contribution < -0.4 is 0 Å². The molecule has 0 bridgehead atoms. The summed E-state index contributed by atoms with van der Waals surface area (Å²) in [5, 5.41) is 0. The van der Waals surface area contributed by atoms with Crippen molar-refractivity contribution in [3.05, 3.63) is 35.4 Å². The average molecular weight is 190 g/mol. The monoisotopic (exact) mass is 190 g/mol. The van der Waals surface area contributed by atoms with E-state index in [4.69, 9.17) is 0 Å². The van der Waals surface area contributed by atoms with Crippen LogP contribution in [0.4, 0.5) is 0 Å². The Morgan fingerprint density at radius 3 is 2.31 bits per heavy atom. The average Bonchev–Trinajstić information content (AvgIpc) is 2.15. The molecule has 0 radical (unpaired) electrons. The third-order valence-corrected chi connectivity index (χ3v) is 2.05. The molecule has 13 heavy (non-hydrogen) atoms. The topological polar surface area (TPSA) is 0 Å². The molecule has 0 atom stereocenters. The molecular weight excluding hydrogens is 176 g/mol. The van der Waals surface area contributed by atoms with Crippen LogP contribution in [0.3, 0.4) is 0 Å². The summed E-state index contributed by atoms with van der Waals surface area (Å²) in [7, 11) is 0. The molecule has 0 spiro atoms. The van der Waals surface area contributed by atoms with Gasteiger partial charge in [0.15, 0.2) is 0 Å². The van der Waals surface area contributed by atoms with E-state index in [1.54, 1.807) is 0 Å². The zero-order valence-electron chi connectivity index (χ0n) is 8.04. The van der Waals surface area contributed by atoms with Gasteiger partial charge in [-0.25, -0.2) is 0 Å². The zero-order chi connectivity index (χ0) is 9.68. The van der Waals surface area contributed by atoms with Gasteiger partial charge in [0.2, 0.25) is 0 Å². The van der Waals surface area contributed by atoms with Crippen LogP contribution in [-0.4, -0.2) is 5.75 Å². The highest BCUT2D eigenvalue weighted by Crippen LogP contribution is 2.13. The van der Waals surface area contributed by atoms with Gasteiger partial charge in [-0.3, -0.25) is 0 Å². The lowest BCUT2D eigenvalue weighted by molar-refractivity contribution is 0.866. The quantitative estimate of drug-likeness (QED) is 0.510. The van der Waals surface area contributed by atoms with Gasteiger partial charge in [-0.05, 0) is 23.6 Å². The van der Waals surface area contributed by atoms with E-state index in [9.17, 15) is 0 Å². The molecule has 1 aromatic rings. The second-order valence-corrected chi connectivity index (χ2v) is 3.55. The van der Waals surface area contributed by atoms with E-state index in [2.05, 4.69) is 62.6 Å². The fraction of sp³-hybridized carbons (Fsp3) is 0.333. The van der Waals surface area contributed by atoms with Gasteiger partial charge >= 0.3 is 0 Å². The molecule has 1 aromatic carbocycles. The minimum Gasteiger partial charge on any atom is -0.166 e. The fourth-order valence-electron chi connectivity index (χ4n) is 1.09. The smallest absolute Gasteiger partial charge is 0.0521 e. The van der Waals surface area contributed by atoms with Gasteiger partial charge in [0.05, 0.1) is 5.75 Å². The van der Waals surface area contributed by atoms with Gasteiger partial charge in [0.1, 0.15) is 0 Å². The van der Waals surface area contributed by atoms with Crippen LogP contribution >= 0.6 is 12.6 Å². The number of hydrogen-bond acceptors (Lipinski definition) is 1. The van der Waals surface area contributed by atoms with Gasteiger partial charge in [0.25, 0.3) is 0 Å². The highest BCUT2D eigenvalue weighted by Gasteiger charge is 1.96. The first-order valence-corrected chi connectivity index (χ1v) is 5.07. The summed E-state index contributed by atoms with van der Waals surface area (Å²) in [6, 6.07) is 8.39. The lowest BCUT2D eigenvalue weighted by atomic mass is 10.0. The van der Waals surface area contributed by atoms with Gasteiger partial charge in [0, 0.05) is 5.56 Å². The van der Waals surface area contributed by atoms with E-state index < -0.39 is 0 Å². The van der Waals surface area contributed by atoms with Crippen molar-refractivity contribution in [3.8, 4) is 11.8 Å². The molecule has 0 aliphatic heterocycles. The Hall–Kier alpha value is -0.870. The Morgan fingerprint density at radius 2 is 1.85 bits per heavy atom. The van der Waals surface area contributed by atoms with E-state index in [1.807, 2.05) is 0 Å². The molecule has 0 heterocycles. The third kappa shape index (κ3) is 3.16. The van der Waals surface area contributed by atoms with Gasteiger partial charge in [-0.1, -0.05) is 37.8 Å². The summed E-state index contributed by atoms with van der Waals surface area (Å²) in [6.45, 7) is 4.38. The van der Waals surface area contributed by atoms with Gasteiger partial charge in [-0.2, -0.15) is 12.6 Å². The predicted molar refractivity (Wildman–Crippen MR) is 61.3 cm³/mol. The molecule has 0 N–H and O–H groups in total. The van der Waals surface area contributed by atoms with Crippen LogP contribution in [0.1, 0.15) is 30.9 Å². The molecule has 0 fully saturated rings. The first kappa shape index (κ1) is 10.2. The Kier molecular flexibility index (Phi) is 3.92. The largest absolute Gasteiger partial charge is 0.166 e. The highest BCUT2D eigenvalue weighted by molar-refractivity contribution is 7.80. The molecular formula is C12H14S. The number of thiol groups is 1. The molecule has 0 saturated carbocycles. The van der Waals surface area contributed by atoms with Crippen molar-refractivity contribution in [1.82, 2.24) is 0 Å². The maximum absolute atomic E-state index is 4.03. The van der Waals surface area contributed by atoms with E-state index in [-0.39, 0.29) is 0 Å². The van der Waals surface area contributed by atoms with Crippen molar-refractivity contribution >= 4 is 12.6 Å². The van der Waals surface area contributed by atoms with Crippen molar-refractivity contribution < 1.29 is 0 Å². The van der Waals surface area contributed by atoms with Crippen LogP contribution in [0.5, 0.6) is 0 Å². The molecule has 1 rings (SSSR count). The Bertz CT molecular complexity index is 311. The summed E-state index contributed by atoms with van der Waals surface area (Å²) in [5.74, 6) is 7.17. The van der Waals surface area contributed by atoms with Crippen molar-refractivity contribution in [2.75, 3.05) is 5.75 Å². The standard InChI is InChI=1S/C12H14S/c1-10(2)12-7-5-11(6-8-12)4-3-9-13/h5-8,10,13H,9H2,1-2H3. The minimum atomic E-state index is 0.590. The first-order chi connectivity index (χ1) is 6.24. The number of hydrogen-bond donors (Lipinski definition) is 1. The minimum absolute atomic E-state index is 0.590. The SMILES string of the molecule is CC(C)c1ccc(C#CCS)cc1. The summed E-state index contributed by atoms with van der Waals surface area (Å²) in [5.41, 5.74) is 2.43. The Labute approximate surface area is 85.8 Å². The molecule has 0 aliphatic rings. The summed E-state index contributed by atoms with van der Waals surface area (Å²) in [4.78, 5) is 0. The molecule has 68 valence electrons. The fourth-order valence-corrected chi connectivity index (χ4v) is 1.17.